The van der Waals surface area contributed by atoms with Gasteiger partial charge in [0.1, 0.15) is 6.04 Å². The lowest BCUT2D eigenvalue weighted by atomic mass is 10.2. The smallest absolute Gasteiger partial charge is 0.242 e. The Kier molecular flexibility index (Phi) is 3.28. The van der Waals surface area contributed by atoms with Crippen LogP contribution in [0.3, 0.4) is 0 Å². The van der Waals surface area contributed by atoms with Crippen molar-refractivity contribution < 1.29 is 9.59 Å². The van der Waals surface area contributed by atoms with E-state index in [1.807, 2.05) is 6.92 Å². The minimum absolute atomic E-state index is 0.0576. The van der Waals surface area contributed by atoms with E-state index >= 15 is 0 Å². The molecule has 1 aliphatic heterocycles. The minimum atomic E-state index is -0.264. The van der Waals surface area contributed by atoms with Crippen LogP contribution in [0.2, 0.25) is 0 Å². The fraction of sp³-hybridized carbons (Fsp3) is 0.778. The van der Waals surface area contributed by atoms with Crippen LogP contribution in [0.4, 0.5) is 0 Å². The van der Waals surface area contributed by atoms with Crippen molar-refractivity contribution in [2.24, 2.45) is 0 Å². The first-order valence-electron chi connectivity index (χ1n) is 4.71. The Hall–Kier alpha value is -1.06. The third-order valence-electron chi connectivity index (χ3n) is 2.42. The Morgan fingerprint density at radius 2 is 2.38 bits per heavy atom. The molecule has 1 aliphatic rings. The summed E-state index contributed by atoms with van der Waals surface area (Å²) in [5.41, 5.74) is 0. The molecule has 1 rings (SSSR count). The van der Waals surface area contributed by atoms with Crippen LogP contribution in [0.15, 0.2) is 0 Å². The Morgan fingerprint density at radius 1 is 1.69 bits per heavy atom. The van der Waals surface area contributed by atoms with E-state index in [4.69, 9.17) is 0 Å². The van der Waals surface area contributed by atoms with E-state index in [-0.39, 0.29) is 17.9 Å². The van der Waals surface area contributed by atoms with Gasteiger partial charge in [-0.2, -0.15) is 0 Å². The minimum Gasteiger partial charge on any atom is -0.357 e. The number of likely N-dealkylation sites (tertiary alicyclic amines) is 1. The average Bonchev–Trinajstić information content (AvgIpc) is 2.53. The van der Waals surface area contributed by atoms with Crippen LogP contribution in [0.5, 0.6) is 0 Å². The second-order valence-corrected chi connectivity index (χ2v) is 3.23. The van der Waals surface area contributed by atoms with Gasteiger partial charge in [0, 0.05) is 20.0 Å². The molecule has 0 aromatic carbocycles. The lowest BCUT2D eigenvalue weighted by Crippen LogP contribution is -2.46. The molecule has 4 heteroatoms. The summed E-state index contributed by atoms with van der Waals surface area (Å²) in [5, 5.41) is 2.58. The molecular weight excluding hydrogens is 168 g/mol. The second kappa shape index (κ2) is 4.25. The third kappa shape index (κ3) is 1.99. The second-order valence-electron chi connectivity index (χ2n) is 3.23. The van der Waals surface area contributed by atoms with Gasteiger partial charge in [0.2, 0.25) is 11.8 Å². The van der Waals surface area contributed by atoms with Crippen molar-refractivity contribution >= 4 is 11.8 Å². The van der Waals surface area contributed by atoms with Gasteiger partial charge in [0.15, 0.2) is 0 Å². The summed E-state index contributed by atoms with van der Waals surface area (Å²) in [6, 6.07) is -0.264. The lowest BCUT2D eigenvalue weighted by molar-refractivity contribution is -0.137. The first kappa shape index (κ1) is 10.0. The quantitative estimate of drug-likeness (QED) is 0.678. The summed E-state index contributed by atoms with van der Waals surface area (Å²) in [5.74, 6) is 0.0493. The standard InChI is InChI=1S/C9H16N2O2/c1-3-7(9(13)10-2)11-6-4-5-8(11)12/h7H,3-6H2,1-2H3,(H,10,13)/t7-/m1/s1. The van der Waals surface area contributed by atoms with Crippen molar-refractivity contribution in [2.45, 2.75) is 32.2 Å². The van der Waals surface area contributed by atoms with Crippen molar-refractivity contribution in [1.29, 1.82) is 0 Å². The molecule has 1 N–H and O–H groups in total. The first-order chi connectivity index (χ1) is 6.20. The molecule has 1 fully saturated rings. The molecule has 0 aromatic heterocycles. The number of carbonyl (C=O) groups is 2. The van der Waals surface area contributed by atoms with Crippen molar-refractivity contribution in [1.82, 2.24) is 10.2 Å². The summed E-state index contributed by atoms with van der Waals surface area (Å²) in [6.07, 6.45) is 2.16. The van der Waals surface area contributed by atoms with Gasteiger partial charge >= 0.3 is 0 Å². The molecule has 1 atom stereocenters. The van der Waals surface area contributed by atoms with Crippen molar-refractivity contribution in [3.05, 3.63) is 0 Å². The fourth-order valence-electron chi connectivity index (χ4n) is 1.71. The maximum absolute atomic E-state index is 11.4. The Balaban J connectivity index is 2.65. The molecule has 74 valence electrons. The van der Waals surface area contributed by atoms with Crippen LogP contribution in [-0.4, -0.2) is 36.3 Å². The van der Waals surface area contributed by atoms with Crippen molar-refractivity contribution in [2.75, 3.05) is 13.6 Å². The normalized spacial score (nSPS) is 18.9. The topological polar surface area (TPSA) is 49.4 Å². The van der Waals surface area contributed by atoms with Crippen LogP contribution >= 0.6 is 0 Å². The largest absolute Gasteiger partial charge is 0.357 e. The highest BCUT2D eigenvalue weighted by Crippen LogP contribution is 2.15. The molecule has 0 bridgehead atoms. The van der Waals surface area contributed by atoms with E-state index in [9.17, 15) is 9.59 Å². The summed E-state index contributed by atoms with van der Waals surface area (Å²) in [4.78, 5) is 24.4. The summed E-state index contributed by atoms with van der Waals surface area (Å²) < 4.78 is 0. The predicted molar refractivity (Wildman–Crippen MR) is 49.1 cm³/mol. The zero-order valence-electron chi connectivity index (χ0n) is 8.17. The number of carbonyl (C=O) groups excluding carboxylic acids is 2. The van der Waals surface area contributed by atoms with Gasteiger partial charge in [-0.05, 0) is 12.8 Å². The number of nitrogens with one attached hydrogen (secondary N) is 1. The maximum atomic E-state index is 11.4. The molecule has 4 nitrogen and oxygen atoms in total. The number of rotatable bonds is 3. The van der Waals surface area contributed by atoms with Crippen molar-refractivity contribution in [3.8, 4) is 0 Å². The van der Waals surface area contributed by atoms with Gasteiger partial charge in [-0.3, -0.25) is 9.59 Å². The molecule has 13 heavy (non-hydrogen) atoms. The molecule has 0 unspecified atom stereocenters. The molecular formula is C9H16N2O2. The maximum Gasteiger partial charge on any atom is 0.242 e. The fourth-order valence-corrected chi connectivity index (χ4v) is 1.71. The van der Waals surface area contributed by atoms with E-state index in [0.29, 0.717) is 12.8 Å². The molecule has 0 saturated carbocycles. The van der Waals surface area contributed by atoms with Gasteiger partial charge in [0.25, 0.3) is 0 Å². The van der Waals surface area contributed by atoms with E-state index in [1.54, 1.807) is 11.9 Å². The van der Waals surface area contributed by atoms with E-state index < -0.39 is 0 Å². The van der Waals surface area contributed by atoms with Gasteiger partial charge < -0.3 is 10.2 Å². The number of nitrogens with zero attached hydrogens (tertiary/aromatic N) is 1. The zero-order chi connectivity index (χ0) is 9.84. The third-order valence-corrected chi connectivity index (χ3v) is 2.42. The molecule has 2 amide bonds. The highest BCUT2D eigenvalue weighted by atomic mass is 16.2. The summed E-state index contributed by atoms with van der Waals surface area (Å²) >= 11 is 0. The van der Waals surface area contributed by atoms with Gasteiger partial charge in [-0.25, -0.2) is 0 Å². The molecule has 0 aromatic rings. The molecule has 1 saturated heterocycles. The van der Waals surface area contributed by atoms with E-state index in [1.165, 1.54) is 0 Å². The monoisotopic (exact) mass is 184 g/mol. The van der Waals surface area contributed by atoms with Crippen LogP contribution < -0.4 is 5.32 Å². The van der Waals surface area contributed by atoms with Crippen LogP contribution in [0.1, 0.15) is 26.2 Å². The Bertz CT molecular complexity index is 216. The molecule has 0 spiro atoms. The number of likely N-dealkylation sites (N-methyl/N-ethyl adjacent to an activating group) is 1. The van der Waals surface area contributed by atoms with Gasteiger partial charge in [-0.1, -0.05) is 6.92 Å². The molecule has 0 radical (unpaired) electrons. The van der Waals surface area contributed by atoms with Crippen molar-refractivity contribution in [3.63, 3.8) is 0 Å². The predicted octanol–water partition coefficient (Wildman–Crippen LogP) is 0.133. The van der Waals surface area contributed by atoms with E-state index in [0.717, 1.165) is 13.0 Å². The average molecular weight is 184 g/mol. The van der Waals surface area contributed by atoms with Crippen LogP contribution in [-0.2, 0) is 9.59 Å². The highest BCUT2D eigenvalue weighted by Gasteiger charge is 2.30. The Labute approximate surface area is 78.3 Å². The zero-order valence-corrected chi connectivity index (χ0v) is 8.17. The lowest BCUT2D eigenvalue weighted by Gasteiger charge is -2.24. The van der Waals surface area contributed by atoms with E-state index in [2.05, 4.69) is 5.32 Å². The Morgan fingerprint density at radius 3 is 2.77 bits per heavy atom. The summed E-state index contributed by atoms with van der Waals surface area (Å²) in [6.45, 7) is 2.65. The van der Waals surface area contributed by atoms with Gasteiger partial charge in [-0.15, -0.1) is 0 Å². The highest BCUT2D eigenvalue weighted by molar-refractivity contribution is 5.88. The number of hydrogen-bond donors (Lipinski definition) is 1. The van der Waals surface area contributed by atoms with Crippen LogP contribution in [0, 0.1) is 0 Å². The van der Waals surface area contributed by atoms with Gasteiger partial charge in [0.05, 0.1) is 0 Å². The van der Waals surface area contributed by atoms with Crippen LogP contribution in [0.25, 0.3) is 0 Å². The molecule has 1 heterocycles. The summed E-state index contributed by atoms with van der Waals surface area (Å²) in [7, 11) is 1.60. The number of hydrogen-bond acceptors (Lipinski definition) is 2. The molecule has 0 aliphatic carbocycles. The SMILES string of the molecule is CC[C@H](C(=O)NC)N1CCCC1=O. The number of amides is 2. The first-order valence-corrected chi connectivity index (χ1v) is 4.71.